The number of aromatic hydroxyl groups is 1. The second kappa shape index (κ2) is 5.51. The van der Waals surface area contributed by atoms with E-state index in [1.165, 1.54) is 0 Å². The van der Waals surface area contributed by atoms with E-state index in [0.29, 0.717) is 4.47 Å². The molecule has 2 heteroatoms. The molecule has 0 aliphatic heterocycles. The highest BCUT2D eigenvalue weighted by Crippen LogP contribution is 2.42. The van der Waals surface area contributed by atoms with Crippen molar-refractivity contribution in [3.8, 4) is 28.0 Å². The molecule has 0 aromatic heterocycles. The number of hydrogen-bond acceptors (Lipinski definition) is 1. The van der Waals surface area contributed by atoms with Crippen molar-refractivity contribution in [2.24, 2.45) is 0 Å². The van der Waals surface area contributed by atoms with E-state index in [1.807, 2.05) is 60.7 Å². The van der Waals surface area contributed by atoms with E-state index in [-0.39, 0.29) is 5.75 Å². The summed E-state index contributed by atoms with van der Waals surface area (Å²) in [7, 11) is 0. The molecule has 0 amide bonds. The van der Waals surface area contributed by atoms with Gasteiger partial charge in [0.25, 0.3) is 0 Å². The van der Waals surface area contributed by atoms with Gasteiger partial charge < -0.3 is 5.11 Å². The number of phenolic OH excluding ortho intramolecular Hbond substituents is 1. The molecule has 0 aliphatic carbocycles. The number of phenols is 1. The van der Waals surface area contributed by atoms with Crippen molar-refractivity contribution in [3.05, 3.63) is 77.3 Å². The van der Waals surface area contributed by atoms with E-state index in [1.54, 1.807) is 0 Å². The lowest BCUT2D eigenvalue weighted by Gasteiger charge is -2.13. The van der Waals surface area contributed by atoms with Crippen molar-refractivity contribution in [2.45, 2.75) is 0 Å². The summed E-state index contributed by atoms with van der Waals surface area (Å²) in [5, 5.41) is 10.4. The minimum absolute atomic E-state index is 0.276. The third-order valence-corrected chi connectivity index (χ3v) is 3.92. The summed E-state index contributed by atoms with van der Waals surface area (Å²) < 4.78 is 0.705. The predicted molar refractivity (Wildman–Crippen MR) is 86.7 cm³/mol. The van der Waals surface area contributed by atoms with Crippen LogP contribution in [-0.2, 0) is 0 Å². The molecule has 0 spiro atoms. The van der Waals surface area contributed by atoms with E-state index in [4.69, 9.17) is 0 Å². The lowest BCUT2D eigenvalue weighted by atomic mass is 9.94. The first-order valence-electron chi connectivity index (χ1n) is 6.39. The maximum absolute atomic E-state index is 10.4. The van der Waals surface area contributed by atoms with Crippen LogP contribution in [0.15, 0.2) is 77.3 Å². The summed E-state index contributed by atoms with van der Waals surface area (Å²) >= 11 is 3.40. The molecule has 3 aromatic carbocycles. The van der Waals surface area contributed by atoms with Crippen LogP contribution in [0.1, 0.15) is 0 Å². The summed E-state index contributed by atoms with van der Waals surface area (Å²) in [6.45, 7) is 0. The second-order valence-electron chi connectivity index (χ2n) is 4.55. The molecular formula is C18H13BrO. The first kappa shape index (κ1) is 12.9. The molecule has 20 heavy (non-hydrogen) atoms. The quantitative estimate of drug-likeness (QED) is 0.661. The molecule has 98 valence electrons. The van der Waals surface area contributed by atoms with Gasteiger partial charge in [-0.25, -0.2) is 0 Å². The summed E-state index contributed by atoms with van der Waals surface area (Å²) in [6.07, 6.45) is 0. The highest BCUT2D eigenvalue weighted by Gasteiger charge is 2.14. The normalized spacial score (nSPS) is 10.4. The van der Waals surface area contributed by atoms with Crippen LogP contribution in [0.5, 0.6) is 5.75 Å². The number of rotatable bonds is 2. The zero-order valence-corrected chi connectivity index (χ0v) is 12.3. The van der Waals surface area contributed by atoms with Crippen molar-refractivity contribution in [1.82, 2.24) is 0 Å². The van der Waals surface area contributed by atoms with E-state index >= 15 is 0 Å². The summed E-state index contributed by atoms with van der Waals surface area (Å²) in [5.74, 6) is 0.276. The van der Waals surface area contributed by atoms with Crippen LogP contribution in [-0.4, -0.2) is 5.11 Å². The van der Waals surface area contributed by atoms with Gasteiger partial charge in [-0.15, -0.1) is 0 Å². The van der Waals surface area contributed by atoms with Gasteiger partial charge in [0.15, 0.2) is 0 Å². The van der Waals surface area contributed by atoms with Crippen LogP contribution < -0.4 is 0 Å². The Morgan fingerprint density at radius 3 is 1.80 bits per heavy atom. The van der Waals surface area contributed by atoms with Crippen LogP contribution in [0, 0.1) is 0 Å². The fourth-order valence-corrected chi connectivity index (χ4v) is 2.65. The minimum Gasteiger partial charge on any atom is -0.506 e. The fraction of sp³-hybridized carbons (Fsp3) is 0. The SMILES string of the molecule is Oc1c(Br)ccc(-c2ccccc2)c1-c1ccccc1. The minimum atomic E-state index is 0.276. The van der Waals surface area contributed by atoms with Gasteiger partial charge in [-0.05, 0) is 38.7 Å². The number of halogens is 1. The number of benzene rings is 3. The third kappa shape index (κ3) is 2.35. The molecule has 3 rings (SSSR count). The average molecular weight is 325 g/mol. The summed E-state index contributed by atoms with van der Waals surface area (Å²) in [6, 6.07) is 23.9. The lowest BCUT2D eigenvalue weighted by molar-refractivity contribution is 0.474. The van der Waals surface area contributed by atoms with Gasteiger partial charge in [0.2, 0.25) is 0 Å². The third-order valence-electron chi connectivity index (χ3n) is 3.28. The Kier molecular flexibility index (Phi) is 3.57. The molecule has 0 saturated carbocycles. The molecule has 0 unspecified atom stereocenters. The van der Waals surface area contributed by atoms with Crippen molar-refractivity contribution in [2.75, 3.05) is 0 Å². The first-order valence-corrected chi connectivity index (χ1v) is 7.19. The Balaban J connectivity index is 2.29. The fourth-order valence-electron chi connectivity index (χ4n) is 2.32. The van der Waals surface area contributed by atoms with Crippen molar-refractivity contribution in [1.29, 1.82) is 0 Å². The van der Waals surface area contributed by atoms with Crippen molar-refractivity contribution >= 4 is 15.9 Å². The highest BCUT2D eigenvalue weighted by atomic mass is 79.9. The topological polar surface area (TPSA) is 20.2 Å². The highest BCUT2D eigenvalue weighted by molar-refractivity contribution is 9.10. The van der Waals surface area contributed by atoms with Crippen LogP contribution in [0.3, 0.4) is 0 Å². The molecule has 1 N–H and O–H groups in total. The molecule has 0 fully saturated rings. The molecular weight excluding hydrogens is 312 g/mol. The van der Waals surface area contributed by atoms with E-state index < -0.39 is 0 Å². The maximum Gasteiger partial charge on any atom is 0.138 e. The molecule has 3 aromatic rings. The molecule has 0 aliphatic rings. The van der Waals surface area contributed by atoms with Crippen LogP contribution in [0.4, 0.5) is 0 Å². The second-order valence-corrected chi connectivity index (χ2v) is 5.40. The average Bonchev–Trinajstić information content (AvgIpc) is 2.51. The maximum atomic E-state index is 10.4. The smallest absolute Gasteiger partial charge is 0.138 e. The Bertz CT molecular complexity index is 721. The van der Waals surface area contributed by atoms with Gasteiger partial charge in [-0.2, -0.15) is 0 Å². The molecule has 0 atom stereocenters. The van der Waals surface area contributed by atoms with Gasteiger partial charge in [0.05, 0.1) is 4.47 Å². The zero-order valence-electron chi connectivity index (χ0n) is 10.8. The van der Waals surface area contributed by atoms with Crippen LogP contribution >= 0.6 is 15.9 Å². The monoisotopic (exact) mass is 324 g/mol. The van der Waals surface area contributed by atoms with Crippen molar-refractivity contribution < 1.29 is 5.11 Å². The van der Waals surface area contributed by atoms with E-state index in [2.05, 4.69) is 28.1 Å². The van der Waals surface area contributed by atoms with Crippen LogP contribution in [0.25, 0.3) is 22.3 Å². The van der Waals surface area contributed by atoms with E-state index in [0.717, 1.165) is 22.3 Å². The molecule has 0 heterocycles. The van der Waals surface area contributed by atoms with Gasteiger partial charge in [0.1, 0.15) is 5.75 Å². The Morgan fingerprint density at radius 2 is 1.20 bits per heavy atom. The Morgan fingerprint density at radius 1 is 0.650 bits per heavy atom. The summed E-state index contributed by atoms with van der Waals surface area (Å²) in [5.41, 5.74) is 3.97. The number of hydrogen-bond donors (Lipinski definition) is 1. The Hall–Kier alpha value is -2.06. The lowest BCUT2D eigenvalue weighted by Crippen LogP contribution is -1.87. The van der Waals surface area contributed by atoms with E-state index in [9.17, 15) is 5.11 Å². The summed E-state index contributed by atoms with van der Waals surface area (Å²) in [4.78, 5) is 0. The van der Waals surface area contributed by atoms with Crippen molar-refractivity contribution in [3.63, 3.8) is 0 Å². The Labute approximate surface area is 126 Å². The largest absolute Gasteiger partial charge is 0.506 e. The molecule has 0 bridgehead atoms. The van der Waals surface area contributed by atoms with Crippen LogP contribution in [0.2, 0.25) is 0 Å². The standard InChI is InChI=1S/C18H13BrO/c19-16-12-11-15(13-7-3-1-4-8-13)17(18(16)20)14-9-5-2-6-10-14/h1-12,20H. The molecule has 0 radical (unpaired) electrons. The zero-order chi connectivity index (χ0) is 13.9. The van der Waals surface area contributed by atoms with Gasteiger partial charge in [-0.3, -0.25) is 0 Å². The first-order chi connectivity index (χ1) is 9.77. The van der Waals surface area contributed by atoms with Gasteiger partial charge in [0, 0.05) is 5.56 Å². The van der Waals surface area contributed by atoms with Gasteiger partial charge >= 0.3 is 0 Å². The molecule has 0 saturated heterocycles. The molecule has 1 nitrogen and oxygen atoms in total. The van der Waals surface area contributed by atoms with Gasteiger partial charge in [-0.1, -0.05) is 66.7 Å². The predicted octanol–water partition coefficient (Wildman–Crippen LogP) is 5.49.